The Balaban J connectivity index is 2.13. The van der Waals surface area contributed by atoms with Gasteiger partial charge in [-0.25, -0.2) is 4.79 Å². The van der Waals surface area contributed by atoms with Crippen molar-refractivity contribution in [3.8, 4) is 0 Å². The fourth-order valence-electron chi connectivity index (χ4n) is 4.05. The quantitative estimate of drug-likeness (QED) is 0.484. The highest BCUT2D eigenvalue weighted by Crippen LogP contribution is 2.42. The first-order valence-corrected chi connectivity index (χ1v) is 10.5. The van der Waals surface area contributed by atoms with Crippen molar-refractivity contribution in [2.45, 2.75) is 38.9 Å². The lowest BCUT2D eigenvalue weighted by Gasteiger charge is -2.36. The van der Waals surface area contributed by atoms with Crippen LogP contribution in [0.5, 0.6) is 0 Å². The van der Waals surface area contributed by atoms with Crippen molar-refractivity contribution in [2.24, 2.45) is 5.92 Å². The molecule has 0 fully saturated rings. The SMILES string of the molecule is C=CCOC(=O)C1=C[C@H](c2cn(C(C)=O)c3ccccc23)[C@H](CCCO)[C@H](OCC)O1. The van der Waals surface area contributed by atoms with Crippen molar-refractivity contribution in [3.05, 3.63) is 60.5 Å². The number of carbonyl (C=O) groups is 2. The van der Waals surface area contributed by atoms with Crippen LogP contribution in [0.15, 0.2) is 55.0 Å². The number of aliphatic hydroxyl groups excluding tert-OH is 1. The number of hydrogen-bond acceptors (Lipinski definition) is 6. The predicted molar refractivity (Wildman–Crippen MR) is 117 cm³/mol. The lowest BCUT2D eigenvalue weighted by Crippen LogP contribution is -2.36. The average Bonchev–Trinajstić information content (AvgIpc) is 3.16. The molecule has 2 heterocycles. The van der Waals surface area contributed by atoms with Gasteiger partial charge >= 0.3 is 5.97 Å². The molecule has 0 spiro atoms. The molecule has 0 bridgehead atoms. The van der Waals surface area contributed by atoms with Gasteiger partial charge in [-0.1, -0.05) is 30.9 Å². The number of esters is 1. The highest BCUT2D eigenvalue weighted by Gasteiger charge is 2.39. The summed E-state index contributed by atoms with van der Waals surface area (Å²) < 4.78 is 18.5. The number of carbonyl (C=O) groups excluding carboxylic acids is 2. The Morgan fingerprint density at radius 1 is 1.32 bits per heavy atom. The molecule has 3 atom stereocenters. The maximum Gasteiger partial charge on any atom is 0.373 e. The maximum absolute atomic E-state index is 12.6. The number of ether oxygens (including phenoxy) is 3. The van der Waals surface area contributed by atoms with Gasteiger partial charge in [-0.15, -0.1) is 0 Å². The fourth-order valence-corrected chi connectivity index (χ4v) is 4.05. The van der Waals surface area contributed by atoms with Crippen LogP contribution < -0.4 is 0 Å². The second-order valence-electron chi connectivity index (χ2n) is 7.41. The van der Waals surface area contributed by atoms with Gasteiger partial charge in [0, 0.05) is 43.6 Å². The van der Waals surface area contributed by atoms with Crippen LogP contribution in [0, 0.1) is 5.92 Å². The van der Waals surface area contributed by atoms with Gasteiger partial charge in [-0.2, -0.15) is 0 Å². The zero-order chi connectivity index (χ0) is 22.4. The summed E-state index contributed by atoms with van der Waals surface area (Å²) in [7, 11) is 0. The number of allylic oxidation sites excluding steroid dienone is 1. The van der Waals surface area contributed by atoms with Crippen molar-refractivity contribution in [1.29, 1.82) is 0 Å². The molecule has 0 aliphatic carbocycles. The van der Waals surface area contributed by atoms with Gasteiger partial charge in [-0.3, -0.25) is 9.36 Å². The van der Waals surface area contributed by atoms with Crippen molar-refractivity contribution >= 4 is 22.8 Å². The molecular weight excluding hydrogens is 398 g/mol. The highest BCUT2D eigenvalue weighted by atomic mass is 16.7. The maximum atomic E-state index is 12.6. The van der Waals surface area contributed by atoms with Gasteiger partial charge in [0.2, 0.25) is 18.0 Å². The molecule has 166 valence electrons. The lowest BCUT2D eigenvalue weighted by atomic mass is 9.80. The van der Waals surface area contributed by atoms with Gasteiger partial charge < -0.3 is 19.3 Å². The third kappa shape index (κ3) is 4.89. The Morgan fingerprint density at radius 2 is 2.10 bits per heavy atom. The second kappa shape index (κ2) is 10.4. The lowest BCUT2D eigenvalue weighted by molar-refractivity contribution is -0.175. The van der Waals surface area contributed by atoms with E-state index in [4.69, 9.17) is 14.2 Å². The van der Waals surface area contributed by atoms with Crippen molar-refractivity contribution < 1.29 is 28.9 Å². The Bertz CT molecular complexity index is 976. The molecule has 3 rings (SSSR count). The summed E-state index contributed by atoms with van der Waals surface area (Å²) in [6.45, 7) is 7.44. The summed E-state index contributed by atoms with van der Waals surface area (Å²) in [5.74, 6) is -1.05. The second-order valence-corrected chi connectivity index (χ2v) is 7.41. The molecule has 2 aromatic rings. The van der Waals surface area contributed by atoms with Crippen LogP contribution in [0.1, 0.15) is 43.0 Å². The fraction of sp³-hybridized carbons (Fsp3) is 0.417. The number of aromatic nitrogens is 1. The first kappa shape index (κ1) is 22.8. The number of rotatable bonds is 9. The molecule has 0 amide bonds. The minimum Gasteiger partial charge on any atom is -0.457 e. The van der Waals surface area contributed by atoms with E-state index >= 15 is 0 Å². The third-order valence-electron chi connectivity index (χ3n) is 5.39. The first-order chi connectivity index (χ1) is 15.0. The molecule has 1 N–H and O–H groups in total. The van der Waals surface area contributed by atoms with E-state index in [0.29, 0.717) is 19.4 Å². The van der Waals surface area contributed by atoms with Gasteiger partial charge in [0.15, 0.2) is 0 Å². The molecule has 0 radical (unpaired) electrons. The molecule has 1 aliphatic rings. The van der Waals surface area contributed by atoms with Gasteiger partial charge in [0.05, 0.1) is 5.52 Å². The number of benzene rings is 1. The number of aliphatic hydroxyl groups is 1. The molecule has 0 saturated carbocycles. The number of nitrogens with zero attached hydrogens (tertiary/aromatic N) is 1. The normalized spacial score (nSPS) is 20.7. The largest absolute Gasteiger partial charge is 0.457 e. The highest BCUT2D eigenvalue weighted by molar-refractivity contribution is 5.94. The summed E-state index contributed by atoms with van der Waals surface area (Å²) in [5, 5.41) is 10.3. The van der Waals surface area contributed by atoms with Crippen LogP contribution in [0.25, 0.3) is 10.9 Å². The summed E-state index contributed by atoms with van der Waals surface area (Å²) in [4.78, 5) is 24.8. The van der Waals surface area contributed by atoms with Crippen LogP contribution >= 0.6 is 0 Å². The van der Waals surface area contributed by atoms with E-state index in [2.05, 4.69) is 6.58 Å². The van der Waals surface area contributed by atoms with Gasteiger partial charge in [0.25, 0.3) is 0 Å². The van der Waals surface area contributed by atoms with Gasteiger partial charge in [0.1, 0.15) is 6.61 Å². The smallest absolute Gasteiger partial charge is 0.373 e. The Kier molecular flexibility index (Phi) is 7.65. The van der Waals surface area contributed by atoms with E-state index in [0.717, 1.165) is 16.5 Å². The standard InChI is InChI=1S/C24H29NO6/c1-4-13-30-23(28)22-14-19(18(10-8-12-26)24(31-22)29-5-2)20-15-25(16(3)27)21-11-7-6-9-17(20)21/h4,6-7,9,11,14-15,18-19,24,26H,1,5,8,10,12-13H2,2-3H3/t18-,19-,24+/m0/s1. The number of hydrogen-bond donors (Lipinski definition) is 1. The van der Waals surface area contributed by atoms with Gasteiger partial charge in [-0.05, 0) is 37.5 Å². The Morgan fingerprint density at radius 3 is 2.77 bits per heavy atom. The Hall–Kier alpha value is -2.90. The minimum atomic E-state index is -0.683. The van der Waals surface area contributed by atoms with E-state index in [-0.39, 0.29) is 36.7 Å². The number of fused-ring (bicyclic) bond motifs is 1. The molecule has 0 unspecified atom stereocenters. The van der Waals surface area contributed by atoms with E-state index in [1.54, 1.807) is 10.6 Å². The predicted octanol–water partition coefficient (Wildman–Crippen LogP) is 3.78. The topological polar surface area (TPSA) is 87.0 Å². The van der Waals surface area contributed by atoms with E-state index in [1.807, 2.05) is 37.4 Å². The van der Waals surface area contributed by atoms with Crippen LogP contribution in [-0.2, 0) is 19.0 Å². The molecule has 0 saturated heterocycles. The summed E-state index contributed by atoms with van der Waals surface area (Å²) in [6, 6.07) is 7.66. The van der Waals surface area contributed by atoms with E-state index < -0.39 is 12.3 Å². The molecular formula is C24H29NO6. The monoisotopic (exact) mass is 427 g/mol. The first-order valence-electron chi connectivity index (χ1n) is 10.5. The molecule has 1 aromatic carbocycles. The Labute approximate surface area is 181 Å². The van der Waals surface area contributed by atoms with Crippen LogP contribution in [0.4, 0.5) is 0 Å². The average molecular weight is 427 g/mol. The van der Waals surface area contributed by atoms with Crippen molar-refractivity contribution in [2.75, 3.05) is 19.8 Å². The zero-order valence-corrected chi connectivity index (χ0v) is 18.0. The summed E-state index contributed by atoms with van der Waals surface area (Å²) in [6.07, 6.45) is 5.55. The molecule has 7 nitrogen and oxygen atoms in total. The minimum absolute atomic E-state index is 0.0369. The van der Waals surface area contributed by atoms with E-state index in [1.165, 1.54) is 13.0 Å². The zero-order valence-electron chi connectivity index (χ0n) is 18.0. The van der Waals surface area contributed by atoms with Crippen molar-refractivity contribution in [1.82, 2.24) is 4.57 Å². The third-order valence-corrected chi connectivity index (χ3v) is 5.39. The van der Waals surface area contributed by atoms with Crippen LogP contribution in [0.3, 0.4) is 0 Å². The van der Waals surface area contributed by atoms with E-state index in [9.17, 15) is 14.7 Å². The molecule has 1 aromatic heterocycles. The molecule has 7 heteroatoms. The molecule has 1 aliphatic heterocycles. The van der Waals surface area contributed by atoms with Crippen LogP contribution in [0.2, 0.25) is 0 Å². The summed E-state index contributed by atoms with van der Waals surface area (Å²) >= 11 is 0. The summed E-state index contributed by atoms with van der Waals surface area (Å²) in [5.41, 5.74) is 1.70. The van der Waals surface area contributed by atoms with Crippen LogP contribution in [-0.4, -0.2) is 47.7 Å². The van der Waals surface area contributed by atoms with Crippen molar-refractivity contribution in [3.63, 3.8) is 0 Å². The molecule has 31 heavy (non-hydrogen) atoms. The number of para-hydroxylation sites is 1.